The van der Waals surface area contributed by atoms with Gasteiger partial charge in [0.15, 0.2) is 3.92 Å². The molecule has 0 saturated heterocycles. The monoisotopic (exact) mass is 1020 g/mol. The molecule has 7 aromatic rings. The van der Waals surface area contributed by atoms with Crippen LogP contribution in [0.2, 0.25) is 0 Å². The van der Waals surface area contributed by atoms with Crippen molar-refractivity contribution < 1.29 is 40.9 Å². The minimum Gasteiger partial charge on any atom is -0.497 e. The van der Waals surface area contributed by atoms with E-state index in [2.05, 4.69) is 31.0 Å². The Morgan fingerprint density at radius 3 is 1.88 bits per heavy atom. The van der Waals surface area contributed by atoms with Crippen LogP contribution in [0.25, 0.3) is 32.7 Å². The molecule has 1 amide bonds. The van der Waals surface area contributed by atoms with Crippen molar-refractivity contribution in [3.05, 3.63) is 124 Å². The third-order valence-electron chi connectivity index (χ3n) is 10.6. The molecule has 5 aromatic carbocycles. The number of amides is 1. The second-order valence-electron chi connectivity index (χ2n) is 15.9. The number of para-hydroxylation sites is 1. The van der Waals surface area contributed by atoms with E-state index in [0.717, 1.165) is 15.2 Å². The zero-order valence-electron chi connectivity index (χ0n) is 36.8. The molecule has 0 saturated carbocycles. The van der Waals surface area contributed by atoms with Crippen LogP contribution in [-0.2, 0) is 39.7 Å². The van der Waals surface area contributed by atoms with Gasteiger partial charge >= 0.3 is 6.09 Å². The van der Waals surface area contributed by atoms with Gasteiger partial charge in [0.25, 0.3) is 0 Å². The van der Waals surface area contributed by atoms with Gasteiger partial charge in [-0.15, -0.1) is 21.5 Å². The molecule has 0 aliphatic heterocycles. The van der Waals surface area contributed by atoms with Crippen LogP contribution in [0.5, 0.6) is 17.2 Å². The van der Waals surface area contributed by atoms with Crippen molar-refractivity contribution in [2.75, 3.05) is 34.4 Å². The number of ether oxygens (including phenoxy) is 3. The highest BCUT2D eigenvalue weighted by Gasteiger charge is 2.38. The summed E-state index contributed by atoms with van der Waals surface area (Å²) in [5.74, 6) is 1.57. The van der Waals surface area contributed by atoms with Gasteiger partial charge in [-0.05, 0) is 113 Å². The average molecular weight is 1020 g/mol. The number of hydrogen-bond acceptors (Lipinski definition) is 13. The van der Waals surface area contributed by atoms with E-state index in [0.29, 0.717) is 43.4 Å². The number of halogens is 1. The van der Waals surface area contributed by atoms with Gasteiger partial charge in [-0.3, -0.25) is 0 Å². The molecule has 66 heavy (non-hydrogen) atoms. The van der Waals surface area contributed by atoms with Gasteiger partial charge < -0.3 is 24.2 Å². The van der Waals surface area contributed by atoms with Crippen LogP contribution < -0.4 is 18.9 Å². The number of methoxy groups -OCH3 is 3. The van der Waals surface area contributed by atoms with Gasteiger partial charge in [0.2, 0.25) is 25.9 Å². The molecule has 7 rings (SSSR count). The van der Waals surface area contributed by atoms with Crippen LogP contribution in [0.1, 0.15) is 37.5 Å². The number of aromatic nitrogens is 5. The van der Waals surface area contributed by atoms with Crippen LogP contribution in [0.4, 0.5) is 4.79 Å². The van der Waals surface area contributed by atoms with Gasteiger partial charge in [0, 0.05) is 37.3 Å². The molecule has 0 fully saturated rings. The number of carboxylic acid groups (broad SMARTS) is 1. The predicted octanol–water partition coefficient (Wildman–Crippen LogP) is 7.90. The molecule has 0 atom stereocenters. The van der Waals surface area contributed by atoms with Crippen molar-refractivity contribution in [1.29, 1.82) is 0 Å². The highest BCUT2D eigenvalue weighted by molar-refractivity contribution is 9.11. The van der Waals surface area contributed by atoms with E-state index < -0.39 is 41.5 Å². The second kappa shape index (κ2) is 19.9. The fourth-order valence-electron chi connectivity index (χ4n) is 7.23. The summed E-state index contributed by atoms with van der Waals surface area (Å²) in [5, 5.41) is 23.5. The molecule has 0 radical (unpaired) electrons. The molecule has 17 nitrogen and oxygen atoms in total. The molecule has 2 N–H and O–H groups in total. The fraction of sp³-hybridized carbons (Fsp3) is 0.267. The normalized spacial score (nSPS) is 12.1. The molecule has 0 aliphatic rings. The third kappa shape index (κ3) is 10.7. The average Bonchev–Trinajstić information content (AvgIpc) is 3.92. The van der Waals surface area contributed by atoms with Crippen LogP contribution in [0, 0.1) is 0 Å². The lowest BCUT2D eigenvalue weighted by Crippen LogP contribution is -2.48. The lowest BCUT2D eigenvalue weighted by Gasteiger charge is -2.33. The van der Waals surface area contributed by atoms with E-state index in [-0.39, 0.29) is 49.7 Å². The zero-order valence-corrected chi connectivity index (χ0v) is 40.8. The molecule has 2 aromatic heterocycles. The van der Waals surface area contributed by atoms with Crippen LogP contribution in [0.3, 0.4) is 0 Å². The van der Waals surface area contributed by atoms with Crippen molar-refractivity contribution in [2.45, 2.75) is 55.7 Å². The molecular weight excluding hydrogens is 973 g/mol. The summed E-state index contributed by atoms with van der Waals surface area (Å²) in [7, 11) is -5.12. The largest absolute Gasteiger partial charge is 0.497 e. The summed E-state index contributed by atoms with van der Waals surface area (Å²) in [4.78, 5) is 18.1. The lowest BCUT2D eigenvalue weighted by molar-refractivity contribution is 0.102. The molecule has 0 aliphatic carbocycles. The highest BCUT2D eigenvalue weighted by Crippen LogP contribution is 2.44. The number of tetrazole rings is 1. The highest BCUT2D eigenvalue weighted by atomic mass is 79.9. The minimum absolute atomic E-state index is 0.123. The van der Waals surface area contributed by atoms with E-state index >= 15 is 8.42 Å². The molecule has 0 bridgehead atoms. The minimum atomic E-state index is -4.95. The quantitative estimate of drug-likeness (QED) is 0.0839. The van der Waals surface area contributed by atoms with Gasteiger partial charge in [0.05, 0.1) is 43.7 Å². The van der Waals surface area contributed by atoms with E-state index in [1.54, 1.807) is 101 Å². The topological polar surface area (TPSA) is 208 Å². The molecule has 2 heterocycles. The van der Waals surface area contributed by atoms with E-state index in [9.17, 15) is 18.3 Å². The second-order valence-corrected chi connectivity index (χ2v) is 21.8. The van der Waals surface area contributed by atoms with Gasteiger partial charge in [-0.2, -0.15) is 9.10 Å². The molecule has 346 valence electrons. The number of nitrogens with one attached hydrogen (secondary N) is 1. The number of benzene rings is 5. The Balaban J connectivity index is 1.49. The summed E-state index contributed by atoms with van der Waals surface area (Å²) in [5.41, 5.74) is 2.16. The Morgan fingerprint density at radius 2 is 1.35 bits per heavy atom. The smallest absolute Gasteiger partial charge is 0.407 e. The fourth-order valence-corrected chi connectivity index (χ4v) is 12.1. The van der Waals surface area contributed by atoms with Crippen molar-refractivity contribution in [3.63, 3.8) is 0 Å². The van der Waals surface area contributed by atoms with Crippen molar-refractivity contribution in [2.24, 2.45) is 0 Å². The summed E-state index contributed by atoms with van der Waals surface area (Å²) in [6.07, 6.45) is -1.25. The number of nitrogens with zero attached hydrogens (tertiary/aromatic N) is 7. The summed E-state index contributed by atoms with van der Waals surface area (Å²) >= 11 is 4.86. The molecule has 0 spiro atoms. The molecular formula is C45H47BrN8O9S3. The number of sulfonamides is 2. The number of fused-ring (bicyclic) bond motifs is 1. The van der Waals surface area contributed by atoms with Crippen LogP contribution in [-0.4, -0.2) is 102 Å². The molecule has 21 heteroatoms. The first-order chi connectivity index (χ1) is 31.4. The first-order valence-electron chi connectivity index (χ1n) is 20.3. The van der Waals surface area contributed by atoms with Gasteiger partial charge in [0.1, 0.15) is 27.0 Å². The Labute approximate surface area is 395 Å². The number of thiazole rings is 1. The first-order valence-corrected chi connectivity index (χ1v) is 24.8. The maximum Gasteiger partial charge on any atom is 0.407 e. The molecule has 0 unspecified atom stereocenters. The Kier molecular flexibility index (Phi) is 14.4. The summed E-state index contributed by atoms with van der Waals surface area (Å²) in [6.45, 7) is 4.13. The van der Waals surface area contributed by atoms with E-state index in [1.165, 1.54) is 46.8 Å². The third-order valence-corrected chi connectivity index (χ3v) is 15.5. The Bertz CT molecular complexity index is 3020. The maximum absolute atomic E-state index is 16.0. The zero-order chi connectivity index (χ0) is 47.4. The van der Waals surface area contributed by atoms with Gasteiger partial charge in [-0.1, -0.05) is 54.6 Å². The van der Waals surface area contributed by atoms with Gasteiger partial charge in [-0.25, -0.2) is 31.3 Å². The van der Waals surface area contributed by atoms with E-state index in [4.69, 9.17) is 24.3 Å². The van der Waals surface area contributed by atoms with Crippen LogP contribution >= 0.6 is 27.3 Å². The van der Waals surface area contributed by atoms with E-state index in [1.807, 2.05) is 18.2 Å². The van der Waals surface area contributed by atoms with Crippen molar-refractivity contribution in [3.8, 4) is 39.8 Å². The van der Waals surface area contributed by atoms with Crippen molar-refractivity contribution >= 4 is 63.6 Å². The number of hydrogen-bond donors (Lipinski definition) is 2. The Hall–Kier alpha value is -5.97. The SMILES string of the molecule is COc1ccc(CN(Cc2ccc(OC)cc2)S(=O)(=O)c2c(S(=O)(=O)NCCN(C(=O)O)C(C)(C)C)ccc(-c3cccc4sc(Br)nc34)c2-c2nnn(Cc3ccc(OC)cc3)n2)cc1. The Morgan fingerprint density at radius 1 is 0.788 bits per heavy atom. The first kappa shape index (κ1) is 48.0. The predicted molar refractivity (Wildman–Crippen MR) is 254 cm³/mol. The summed E-state index contributed by atoms with van der Waals surface area (Å²) < 4.78 is 82.9. The number of carbonyl (C=O) groups is 1. The number of rotatable bonds is 18. The standard InChI is InChI=1S/C45H47BrN8O9S3/c1-45(2,3)53(44(55)56)25-24-47-65(57,58)38-23-22-35(36-8-7-9-37-40(36)48-43(46)64-37)39(42-49-51-54(50-42)28-31-14-20-34(63-6)21-15-31)41(38)66(59,60)52(26-29-10-16-32(61-4)17-11-29)27-30-12-18-33(62-5)19-13-30/h7-23,47H,24-28H2,1-6H3,(H,55,56). The maximum atomic E-state index is 16.0. The van der Waals surface area contributed by atoms with Crippen LogP contribution in [0.15, 0.2) is 117 Å². The van der Waals surface area contributed by atoms with Crippen molar-refractivity contribution in [1.82, 2.24) is 39.1 Å². The lowest BCUT2D eigenvalue weighted by atomic mass is 9.98. The summed E-state index contributed by atoms with van der Waals surface area (Å²) in [6, 6.07) is 29.1.